The number of thiophene rings is 1. The molecule has 1 aliphatic rings. The molecular weight excluding hydrogens is 324 g/mol. The molecule has 0 radical (unpaired) electrons. The predicted octanol–water partition coefficient (Wildman–Crippen LogP) is 2.00. The van der Waals surface area contributed by atoms with Gasteiger partial charge in [0.25, 0.3) is 5.89 Å². The fraction of sp³-hybridized carbons (Fsp3) is 0.375. The first-order chi connectivity index (χ1) is 11.8. The maximum atomic E-state index is 5.39. The minimum absolute atomic E-state index is 0.487. The topological polar surface area (TPSA) is 71.2 Å². The Labute approximate surface area is 144 Å². The molecule has 0 aromatic carbocycles. The summed E-state index contributed by atoms with van der Waals surface area (Å²) in [5.74, 6) is 1.03. The van der Waals surface area contributed by atoms with Crippen LogP contribution in [-0.2, 0) is 6.54 Å². The van der Waals surface area contributed by atoms with E-state index in [1.807, 2.05) is 6.07 Å². The summed E-state index contributed by atoms with van der Waals surface area (Å²) in [7, 11) is 2.17. The van der Waals surface area contributed by atoms with Gasteiger partial charge in [-0.25, -0.2) is 9.97 Å². The monoisotopic (exact) mass is 342 g/mol. The van der Waals surface area contributed by atoms with E-state index in [1.165, 1.54) is 11.2 Å². The average Bonchev–Trinajstić information content (AvgIpc) is 3.27. The van der Waals surface area contributed by atoms with Crippen molar-refractivity contribution in [3.63, 3.8) is 0 Å². The Morgan fingerprint density at radius 1 is 1.17 bits per heavy atom. The van der Waals surface area contributed by atoms with E-state index in [0.29, 0.717) is 17.4 Å². The second-order valence-electron chi connectivity index (χ2n) is 5.86. The molecule has 8 heteroatoms. The zero-order valence-corrected chi connectivity index (χ0v) is 14.2. The molecule has 1 aliphatic heterocycles. The van der Waals surface area contributed by atoms with Gasteiger partial charge in [0, 0.05) is 43.8 Å². The molecule has 0 N–H and O–H groups in total. The van der Waals surface area contributed by atoms with Crippen LogP contribution in [0.4, 0.5) is 0 Å². The van der Waals surface area contributed by atoms with Gasteiger partial charge in [-0.1, -0.05) is 5.16 Å². The van der Waals surface area contributed by atoms with Crippen molar-refractivity contribution in [1.29, 1.82) is 0 Å². The van der Waals surface area contributed by atoms with Gasteiger partial charge >= 0.3 is 0 Å². The summed E-state index contributed by atoms with van der Waals surface area (Å²) in [6, 6.07) is 5.96. The molecule has 0 saturated carbocycles. The van der Waals surface area contributed by atoms with Crippen molar-refractivity contribution >= 4 is 11.3 Å². The highest BCUT2D eigenvalue weighted by Crippen LogP contribution is 2.29. The lowest BCUT2D eigenvalue weighted by atomic mass is 10.3. The smallest absolute Gasteiger partial charge is 0.268 e. The van der Waals surface area contributed by atoms with Crippen molar-refractivity contribution in [2.75, 3.05) is 33.2 Å². The Kier molecular flexibility index (Phi) is 4.33. The number of hydrogen-bond donors (Lipinski definition) is 0. The van der Waals surface area contributed by atoms with Crippen molar-refractivity contribution in [2.45, 2.75) is 6.54 Å². The minimum Gasteiger partial charge on any atom is -0.333 e. The second-order valence-corrected chi connectivity index (χ2v) is 7.03. The van der Waals surface area contributed by atoms with Crippen molar-refractivity contribution in [3.05, 3.63) is 35.6 Å². The van der Waals surface area contributed by atoms with Gasteiger partial charge < -0.3 is 9.42 Å². The lowest BCUT2D eigenvalue weighted by Gasteiger charge is -2.31. The quantitative estimate of drug-likeness (QED) is 0.718. The first kappa shape index (κ1) is 15.4. The molecule has 4 heterocycles. The molecule has 124 valence electrons. The van der Waals surface area contributed by atoms with Crippen LogP contribution in [0.25, 0.3) is 22.3 Å². The first-order valence-corrected chi connectivity index (χ1v) is 8.70. The third kappa shape index (κ3) is 3.35. The molecular formula is C16H18N6OS. The van der Waals surface area contributed by atoms with Crippen LogP contribution in [-0.4, -0.2) is 63.1 Å². The van der Waals surface area contributed by atoms with Gasteiger partial charge in [0.05, 0.1) is 4.88 Å². The molecule has 1 saturated heterocycles. The third-order valence-electron chi connectivity index (χ3n) is 4.08. The van der Waals surface area contributed by atoms with E-state index >= 15 is 0 Å². The molecule has 1 fully saturated rings. The normalized spacial score (nSPS) is 16.5. The highest BCUT2D eigenvalue weighted by Gasteiger charge is 2.17. The van der Waals surface area contributed by atoms with Gasteiger partial charge in [0.1, 0.15) is 12.0 Å². The van der Waals surface area contributed by atoms with E-state index in [2.05, 4.69) is 43.0 Å². The van der Waals surface area contributed by atoms with Crippen LogP contribution in [0.15, 0.2) is 35.2 Å². The van der Waals surface area contributed by atoms with Crippen LogP contribution < -0.4 is 0 Å². The number of piperazine rings is 1. The van der Waals surface area contributed by atoms with Crippen LogP contribution in [0.2, 0.25) is 0 Å². The molecule has 0 bridgehead atoms. The summed E-state index contributed by atoms with van der Waals surface area (Å²) in [5.41, 5.74) is 0.661. The Bertz CT molecular complexity index is 794. The van der Waals surface area contributed by atoms with Gasteiger partial charge in [0.15, 0.2) is 0 Å². The SMILES string of the molecule is CN1CCN(Cc2ccc(-c3nc(-c4ccncn4)no3)s2)CC1. The van der Waals surface area contributed by atoms with Crippen LogP contribution >= 0.6 is 11.3 Å². The summed E-state index contributed by atoms with van der Waals surface area (Å²) in [5, 5.41) is 4.01. The van der Waals surface area contributed by atoms with E-state index in [1.54, 1.807) is 23.6 Å². The van der Waals surface area contributed by atoms with E-state index in [-0.39, 0.29) is 0 Å². The molecule has 24 heavy (non-hydrogen) atoms. The number of rotatable bonds is 4. The highest BCUT2D eigenvalue weighted by atomic mass is 32.1. The maximum Gasteiger partial charge on any atom is 0.268 e. The summed E-state index contributed by atoms with van der Waals surface area (Å²) in [6.07, 6.45) is 3.14. The summed E-state index contributed by atoms with van der Waals surface area (Å²) < 4.78 is 5.39. The minimum atomic E-state index is 0.487. The maximum absolute atomic E-state index is 5.39. The van der Waals surface area contributed by atoms with E-state index in [0.717, 1.165) is 37.6 Å². The van der Waals surface area contributed by atoms with Crippen LogP contribution in [0.3, 0.4) is 0 Å². The second kappa shape index (κ2) is 6.76. The van der Waals surface area contributed by atoms with Crippen molar-refractivity contribution < 1.29 is 4.52 Å². The Morgan fingerprint density at radius 2 is 2.04 bits per heavy atom. The van der Waals surface area contributed by atoms with Crippen molar-refractivity contribution in [1.82, 2.24) is 29.9 Å². The molecule has 0 unspecified atom stereocenters. The average molecular weight is 342 g/mol. The van der Waals surface area contributed by atoms with Crippen molar-refractivity contribution in [2.24, 2.45) is 0 Å². The zero-order valence-electron chi connectivity index (χ0n) is 13.4. The summed E-state index contributed by atoms with van der Waals surface area (Å²) >= 11 is 1.70. The largest absolute Gasteiger partial charge is 0.333 e. The van der Waals surface area contributed by atoms with E-state index in [9.17, 15) is 0 Å². The van der Waals surface area contributed by atoms with Gasteiger partial charge in [0.2, 0.25) is 5.82 Å². The fourth-order valence-electron chi connectivity index (χ4n) is 2.65. The molecule has 4 rings (SSSR count). The Balaban J connectivity index is 1.46. The number of likely N-dealkylation sites (N-methyl/N-ethyl adjacent to an activating group) is 1. The lowest BCUT2D eigenvalue weighted by Crippen LogP contribution is -2.43. The molecule has 0 atom stereocenters. The van der Waals surface area contributed by atoms with E-state index in [4.69, 9.17) is 4.52 Å². The van der Waals surface area contributed by atoms with Crippen LogP contribution in [0.5, 0.6) is 0 Å². The molecule has 0 spiro atoms. The predicted molar refractivity (Wildman–Crippen MR) is 91.4 cm³/mol. The highest BCUT2D eigenvalue weighted by molar-refractivity contribution is 7.15. The fourth-order valence-corrected chi connectivity index (χ4v) is 3.63. The van der Waals surface area contributed by atoms with Gasteiger partial charge in [-0.15, -0.1) is 11.3 Å². The standard InChI is InChI=1S/C16H18N6OS/c1-21-6-8-22(9-7-21)10-12-2-3-14(24-12)16-19-15(20-23-16)13-4-5-17-11-18-13/h2-5,11H,6-10H2,1H3. The summed E-state index contributed by atoms with van der Waals surface area (Å²) in [4.78, 5) is 19.6. The van der Waals surface area contributed by atoms with Gasteiger partial charge in [-0.05, 0) is 25.2 Å². The molecule has 0 amide bonds. The number of hydrogen-bond acceptors (Lipinski definition) is 8. The first-order valence-electron chi connectivity index (χ1n) is 7.88. The van der Waals surface area contributed by atoms with Gasteiger partial charge in [-0.3, -0.25) is 4.90 Å². The van der Waals surface area contributed by atoms with E-state index < -0.39 is 0 Å². The third-order valence-corrected chi connectivity index (χ3v) is 5.14. The van der Waals surface area contributed by atoms with Crippen LogP contribution in [0.1, 0.15) is 4.88 Å². The lowest BCUT2D eigenvalue weighted by molar-refractivity contribution is 0.149. The van der Waals surface area contributed by atoms with Gasteiger partial charge in [-0.2, -0.15) is 4.98 Å². The Hall–Kier alpha value is -2.16. The zero-order chi connectivity index (χ0) is 16.4. The summed E-state index contributed by atoms with van der Waals surface area (Å²) in [6.45, 7) is 5.46. The molecule has 0 aliphatic carbocycles. The number of aromatic nitrogens is 4. The number of nitrogens with zero attached hydrogens (tertiary/aromatic N) is 6. The van der Waals surface area contributed by atoms with Crippen molar-refractivity contribution in [3.8, 4) is 22.3 Å². The Morgan fingerprint density at radius 3 is 2.83 bits per heavy atom. The molecule has 7 nitrogen and oxygen atoms in total. The van der Waals surface area contributed by atoms with Crippen LogP contribution in [0, 0.1) is 0 Å². The molecule has 3 aromatic heterocycles. The molecule has 3 aromatic rings.